The lowest BCUT2D eigenvalue weighted by atomic mass is 9.98. The van der Waals surface area contributed by atoms with Crippen molar-refractivity contribution in [2.75, 3.05) is 37.5 Å². The van der Waals surface area contributed by atoms with Crippen LogP contribution in [0.4, 0.5) is 22.2 Å². The predicted molar refractivity (Wildman–Crippen MR) is 193 cm³/mol. The van der Waals surface area contributed by atoms with Crippen molar-refractivity contribution in [3.63, 3.8) is 0 Å². The van der Waals surface area contributed by atoms with Gasteiger partial charge in [0.25, 0.3) is 9.62 Å². The van der Waals surface area contributed by atoms with Crippen LogP contribution in [0.25, 0.3) is 11.1 Å². The highest BCUT2D eigenvalue weighted by Gasteiger charge is 2.49. The van der Waals surface area contributed by atoms with Gasteiger partial charge in [-0.3, -0.25) is 14.4 Å². The molecule has 0 bridgehead atoms. The van der Waals surface area contributed by atoms with Gasteiger partial charge in [-0.25, -0.2) is 19.3 Å². The van der Waals surface area contributed by atoms with Crippen LogP contribution < -0.4 is 19.8 Å². The minimum atomic E-state index is -1.17. The first-order valence-corrected chi connectivity index (χ1v) is 17.8. The molecule has 3 aliphatic rings. The zero-order valence-electron chi connectivity index (χ0n) is 28.5. The molecule has 1 amide bonds. The zero-order valence-corrected chi connectivity index (χ0v) is 30.1. The van der Waals surface area contributed by atoms with E-state index in [-0.39, 0.29) is 34.0 Å². The first-order valence-electron chi connectivity index (χ1n) is 16.2. The van der Waals surface area contributed by atoms with E-state index in [2.05, 4.69) is 15.3 Å². The maximum absolute atomic E-state index is 14.4. The van der Waals surface area contributed by atoms with Gasteiger partial charge in [0.1, 0.15) is 24.4 Å². The van der Waals surface area contributed by atoms with Crippen LogP contribution in [0, 0.1) is 5.41 Å². The smallest absolute Gasteiger partial charge is 0.417 e. The summed E-state index contributed by atoms with van der Waals surface area (Å²) in [6, 6.07) is 15.0. The number of carbonyl (C=O) groups is 2. The third kappa shape index (κ3) is 6.22. The zero-order chi connectivity index (χ0) is 36.2. The van der Waals surface area contributed by atoms with Crippen molar-refractivity contribution in [2.45, 2.75) is 51.8 Å². The van der Waals surface area contributed by atoms with Gasteiger partial charge in [-0.05, 0) is 43.0 Å². The first kappa shape index (κ1) is 34.5. The van der Waals surface area contributed by atoms with E-state index >= 15 is 0 Å². The standard InChI is InChI=1S/C35H36N6O8S2/c1-35(2,3)31(44)48-17-40-29(43)25-28(38-32(40)36-16-39(4)5)41(30-24(37-25)27-26(23(14-42)49-30)50-34(46)51-27)33(45)47-15-22-20-12-8-6-10-18(20)19-11-7-9-13-21(19)22/h6-13,16,22-24,30,37,42H,14-15,17H2,1-5H3/b36-16+/t23-,24+,30-/m1/s1. The summed E-state index contributed by atoms with van der Waals surface area (Å²) in [6.45, 7) is 4.07. The van der Waals surface area contributed by atoms with E-state index in [1.807, 2.05) is 48.5 Å². The van der Waals surface area contributed by atoms with Gasteiger partial charge in [-0.2, -0.15) is 4.98 Å². The Labute approximate surface area is 300 Å². The number of esters is 1. The third-order valence-electron chi connectivity index (χ3n) is 8.75. The van der Waals surface area contributed by atoms with Crippen molar-refractivity contribution in [3.8, 4) is 11.1 Å². The molecule has 2 N–H and O–H groups in total. The normalized spacial score (nSPS) is 19.0. The number of carbonyl (C=O) groups excluding carboxylic acids is 2. The van der Waals surface area contributed by atoms with E-state index < -0.39 is 54.7 Å². The van der Waals surface area contributed by atoms with Gasteiger partial charge in [0, 0.05) is 20.0 Å². The number of fused-ring (bicyclic) bond motifs is 7. The SMILES string of the molecule is CN(C)/C=N/c1nc2c(c(=O)n1COC(=O)C(C)(C)C)N[C@H]1c3sc(=O)sc3[C@@H](CO)O[C@H]1N2C(=O)OCC1c2ccccc2-c2ccccc21. The Balaban J connectivity index is 1.32. The van der Waals surface area contributed by atoms with Gasteiger partial charge >= 0.3 is 12.1 Å². The number of aliphatic hydroxyl groups excluding tert-OH is 1. The number of hydrogen-bond donors (Lipinski definition) is 2. The minimum absolute atomic E-state index is 0.0323. The highest BCUT2D eigenvalue weighted by molar-refractivity contribution is 7.27. The Kier molecular flexibility index (Phi) is 9.03. The molecule has 2 aromatic heterocycles. The average molecular weight is 733 g/mol. The lowest BCUT2D eigenvalue weighted by Crippen LogP contribution is -2.55. The molecule has 14 nitrogen and oxygen atoms in total. The van der Waals surface area contributed by atoms with Crippen LogP contribution >= 0.6 is 22.7 Å². The number of anilines is 2. The molecule has 266 valence electrons. The quantitative estimate of drug-likeness (QED) is 0.152. The molecular weight excluding hydrogens is 697 g/mol. The highest BCUT2D eigenvalue weighted by Crippen LogP contribution is 2.48. The number of benzene rings is 2. The van der Waals surface area contributed by atoms with E-state index in [9.17, 15) is 24.3 Å². The summed E-state index contributed by atoms with van der Waals surface area (Å²) >= 11 is 1.89. The lowest BCUT2D eigenvalue weighted by molar-refractivity contribution is -0.157. The van der Waals surface area contributed by atoms with E-state index in [1.54, 1.807) is 39.8 Å². The van der Waals surface area contributed by atoms with E-state index in [0.29, 0.717) is 9.75 Å². The molecule has 4 heterocycles. The topological polar surface area (TPSA) is 165 Å². The Morgan fingerprint density at radius 2 is 1.69 bits per heavy atom. The Hall–Kier alpha value is -4.90. The van der Waals surface area contributed by atoms with Crippen molar-refractivity contribution in [3.05, 3.63) is 88.6 Å². The van der Waals surface area contributed by atoms with Gasteiger partial charge in [0.15, 0.2) is 18.8 Å². The molecule has 0 fully saturated rings. The number of aliphatic imine (C=N–C) groups is 1. The molecule has 0 saturated carbocycles. The third-order valence-corrected chi connectivity index (χ3v) is 11.1. The van der Waals surface area contributed by atoms with E-state index in [4.69, 9.17) is 14.2 Å². The Morgan fingerprint density at radius 3 is 2.31 bits per heavy atom. The molecule has 1 aliphatic carbocycles. The summed E-state index contributed by atoms with van der Waals surface area (Å²) in [7, 11) is 3.46. The minimum Gasteiger partial charge on any atom is -0.448 e. The molecular formula is C35H36N6O8S2. The number of ether oxygens (including phenoxy) is 3. The largest absolute Gasteiger partial charge is 0.448 e. The van der Waals surface area contributed by atoms with Crippen LogP contribution in [-0.2, 0) is 25.7 Å². The maximum atomic E-state index is 14.4. The van der Waals surface area contributed by atoms with Gasteiger partial charge in [-0.15, -0.1) is 0 Å². The molecule has 7 rings (SSSR count). The number of aromatic nitrogens is 2. The Morgan fingerprint density at radius 1 is 1.04 bits per heavy atom. The Bertz CT molecular complexity index is 2120. The van der Waals surface area contributed by atoms with Crippen LogP contribution in [0.1, 0.15) is 59.7 Å². The van der Waals surface area contributed by atoms with Gasteiger partial charge < -0.3 is 29.5 Å². The summed E-state index contributed by atoms with van der Waals surface area (Å²) in [4.78, 5) is 66.9. The van der Waals surface area contributed by atoms with Crippen LogP contribution in [-0.4, -0.2) is 71.5 Å². The molecule has 0 saturated heterocycles. The molecule has 51 heavy (non-hydrogen) atoms. The van der Waals surface area contributed by atoms with Crippen LogP contribution in [0.3, 0.4) is 0 Å². The van der Waals surface area contributed by atoms with Gasteiger partial charge in [-0.1, -0.05) is 71.2 Å². The second kappa shape index (κ2) is 13.3. The molecule has 0 radical (unpaired) electrons. The fourth-order valence-corrected chi connectivity index (χ4v) is 8.68. The van der Waals surface area contributed by atoms with Crippen molar-refractivity contribution >= 4 is 58.5 Å². The number of nitrogens with zero attached hydrogens (tertiary/aromatic N) is 5. The maximum Gasteiger partial charge on any atom is 0.417 e. The molecule has 2 aromatic carbocycles. The number of aliphatic hydroxyl groups is 1. The molecule has 3 atom stereocenters. The van der Waals surface area contributed by atoms with Crippen LogP contribution in [0.5, 0.6) is 0 Å². The predicted octanol–water partition coefficient (Wildman–Crippen LogP) is 4.81. The lowest BCUT2D eigenvalue weighted by Gasteiger charge is -2.44. The summed E-state index contributed by atoms with van der Waals surface area (Å²) in [5, 5.41) is 13.5. The van der Waals surface area contributed by atoms with E-state index in [0.717, 1.165) is 54.4 Å². The summed E-state index contributed by atoms with van der Waals surface area (Å²) in [5.74, 6) is -1.09. The number of rotatable bonds is 7. The molecule has 16 heteroatoms. The van der Waals surface area contributed by atoms with Crippen molar-refractivity contribution in [2.24, 2.45) is 10.4 Å². The second-order valence-corrected chi connectivity index (χ2v) is 15.8. The average Bonchev–Trinajstić information content (AvgIpc) is 3.65. The second-order valence-electron chi connectivity index (χ2n) is 13.5. The number of hydrogen-bond acceptors (Lipinski definition) is 13. The molecule has 2 aliphatic heterocycles. The summed E-state index contributed by atoms with van der Waals surface area (Å²) < 4.78 is 18.7. The monoisotopic (exact) mass is 732 g/mol. The molecule has 0 unspecified atom stereocenters. The van der Waals surface area contributed by atoms with Crippen molar-refractivity contribution < 1.29 is 28.9 Å². The van der Waals surface area contributed by atoms with Crippen LogP contribution in [0.15, 0.2) is 63.1 Å². The van der Waals surface area contributed by atoms with Crippen molar-refractivity contribution in [1.29, 1.82) is 0 Å². The summed E-state index contributed by atoms with van der Waals surface area (Å²) in [5.41, 5.74) is 2.50. The van der Waals surface area contributed by atoms with Crippen molar-refractivity contribution in [1.82, 2.24) is 14.5 Å². The fourth-order valence-electron chi connectivity index (χ4n) is 6.34. The first-order chi connectivity index (χ1) is 24.4. The summed E-state index contributed by atoms with van der Waals surface area (Å²) in [6.07, 6.45) is -1.53. The van der Waals surface area contributed by atoms with E-state index in [1.165, 1.54) is 6.34 Å². The van der Waals surface area contributed by atoms with Gasteiger partial charge in [0.2, 0.25) is 5.95 Å². The highest BCUT2D eigenvalue weighted by atomic mass is 32.2. The molecule has 4 aromatic rings. The number of nitrogens with one attached hydrogen (secondary N) is 1. The fraction of sp³-hybridized carbons (Fsp3) is 0.371. The number of amides is 1. The van der Waals surface area contributed by atoms with Gasteiger partial charge in [0.05, 0.1) is 28.1 Å². The van der Waals surface area contributed by atoms with Crippen LogP contribution in [0.2, 0.25) is 0 Å². The molecule has 0 spiro atoms.